The molecule has 28 heavy (non-hydrogen) atoms. The van der Waals surface area contributed by atoms with Gasteiger partial charge in [-0.25, -0.2) is 0 Å². The van der Waals surface area contributed by atoms with E-state index in [2.05, 4.69) is 11.0 Å². The minimum Gasteiger partial charge on any atom is -0.340 e. The van der Waals surface area contributed by atoms with Crippen LogP contribution in [0, 0.1) is 5.92 Å². The minimum absolute atomic E-state index is 0. The van der Waals surface area contributed by atoms with Crippen molar-refractivity contribution in [1.82, 2.24) is 9.80 Å². The predicted octanol–water partition coefficient (Wildman–Crippen LogP) is 1.94. The molecule has 8 heteroatoms. The SMILES string of the molecule is CC(N)C(C)C(=O)N1CCN(CC(=O)N2CCCc3ccccc32)CC1.Cl.Cl. The summed E-state index contributed by atoms with van der Waals surface area (Å²) in [5.74, 6) is 0.116. The molecule has 2 aliphatic heterocycles. The maximum atomic E-state index is 12.8. The smallest absolute Gasteiger partial charge is 0.241 e. The Labute approximate surface area is 180 Å². The van der Waals surface area contributed by atoms with Crippen LogP contribution in [0.2, 0.25) is 0 Å². The average Bonchev–Trinajstić information content (AvgIpc) is 2.66. The predicted molar refractivity (Wildman–Crippen MR) is 117 cm³/mol. The van der Waals surface area contributed by atoms with E-state index in [-0.39, 0.29) is 48.6 Å². The summed E-state index contributed by atoms with van der Waals surface area (Å²) in [6, 6.07) is 8.04. The first kappa shape index (κ1) is 24.7. The highest BCUT2D eigenvalue weighted by Gasteiger charge is 2.29. The molecule has 2 amide bonds. The van der Waals surface area contributed by atoms with Crippen LogP contribution in [0.3, 0.4) is 0 Å². The number of para-hydroxylation sites is 1. The van der Waals surface area contributed by atoms with Gasteiger partial charge in [-0.1, -0.05) is 25.1 Å². The Balaban J connectivity index is 0.00000196. The highest BCUT2D eigenvalue weighted by Crippen LogP contribution is 2.26. The van der Waals surface area contributed by atoms with Crippen LogP contribution in [0.4, 0.5) is 5.69 Å². The largest absolute Gasteiger partial charge is 0.340 e. The number of halogens is 2. The highest BCUT2D eigenvalue weighted by molar-refractivity contribution is 5.96. The number of amides is 2. The van der Waals surface area contributed by atoms with Crippen LogP contribution >= 0.6 is 24.8 Å². The highest BCUT2D eigenvalue weighted by atomic mass is 35.5. The second-order valence-corrected chi connectivity index (χ2v) is 7.53. The summed E-state index contributed by atoms with van der Waals surface area (Å²) >= 11 is 0. The molecule has 0 bridgehead atoms. The molecule has 0 radical (unpaired) electrons. The molecule has 2 atom stereocenters. The third-order valence-electron chi connectivity index (χ3n) is 5.63. The van der Waals surface area contributed by atoms with Crippen LogP contribution in [-0.4, -0.2) is 66.9 Å². The molecule has 0 spiro atoms. The summed E-state index contributed by atoms with van der Waals surface area (Å²) in [7, 11) is 0. The van der Waals surface area contributed by atoms with E-state index in [1.807, 2.05) is 41.8 Å². The van der Waals surface area contributed by atoms with Gasteiger partial charge in [-0.05, 0) is 31.4 Å². The number of fused-ring (bicyclic) bond motifs is 1. The molecule has 1 fully saturated rings. The Morgan fingerprint density at radius 2 is 1.68 bits per heavy atom. The number of aryl methyl sites for hydroxylation is 1. The van der Waals surface area contributed by atoms with Gasteiger partial charge in [-0.15, -0.1) is 24.8 Å². The van der Waals surface area contributed by atoms with Crippen LogP contribution in [0.5, 0.6) is 0 Å². The van der Waals surface area contributed by atoms with Crippen molar-refractivity contribution in [3.8, 4) is 0 Å². The Hall–Kier alpha value is -1.34. The van der Waals surface area contributed by atoms with Crippen LogP contribution in [0.25, 0.3) is 0 Å². The Bertz CT molecular complexity index is 663. The Kier molecular flexibility index (Phi) is 9.70. The Morgan fingerprint density at radius 3 is 2.32 bits per heavy atom. The van der Waals surface area contributed by atoms with Gasteiger partial charge in [0, 0.05) is 44.5 Å². The minimum atomic E-state index is -0.159. The number of piperazine rings is 1. The summed E-state index contributed by atoms with van der Waals surface area (Å²) in [4.78, 5) is 31.2. The molecule has 2 aliphatic rings. The van der Waals surface area contributed by atoms with Gasteiger partial charge in [0.2, 0.25) is 11.8 Å². The molecule has 2 heterocycles. The van der Waals surface area contributed by atoms with Crippen LogP contribution < -0.4 is 10.6 Å². The first-order chi connectivity index (χ1) is 12.5. The molecule has 1 aromatic carbocycles. The fraction of sp³-hybridized carbons (Fsp3) is 0.600. The molecule has 1 aromatic rings. The normalized spacial score (nSPS) is 19.0. The van der Waals surface area contributed by atoms with Crippen molar-refractivity contribution in [3.05, 3.63) is 29.8 Å². The number of anilines is 1. The molecule has 0 aromatic heterocycles. The van der Waals surface area contributed by atoms with E-state index in [1.54, 1.807) is 0 Å². The number of carbonyl (C=O) groups is 2. The lowest BCUT2D eigenvalue weighted by molar-refractivity contribution is -0.137. The second-order valence-electron chi connectivity index (χ2n) is 7.53. The van der Waals surface area contributed by atoms with E-state index in [1.165, 1.54) is 5.56 Å². The molecule has 6 nitrogen and oxygen atoms in total. The summed E-state index contributed by atoms with van der Waals surface area (Å²) < 4.78 is 0. The van der Waals surface area contributed by atoms with Gasteiger partial charge in [-0.2, -0.15) is 0 Å². The standard InChI is InChI=1S/C20H30N4O2.2ClH/c1-15(16(2)21)20(26)23-12-10-22(11-13-23)14-19(25)24-9-5-7-17-6-3-4-8-18(17)24;;/h3-4,6,8,15-16H,5,7,9-14,21H2,1-2H3;2*1H. The molecule has 2 N–H and O–H groups in total. The quantitative estimate of drug-likeness (QED) is 0.791. The molecular formula is C20H32Cl2N4O2. The molecule has 3 rings (SSSR count). The van der Waals surface area contributed by atoms with E-state index in [0.29, 0.717) is 19.6 Å². The third-order valence-corrected chi connectivity index (χ3v) is 5.63. The zero-order valence-corrected chi connectivity index (χ0v) is 18.3. The van der Waals surface area contributed by atoms with E-state index < -0.39 is 0 Å². The molecular weight excluding hydrogens is 399 g/mol. The molecule has 158 valence electrons. The van der Waals surface area contributed by atoms with E-state index in [0.717, 1.165) is 38.2 Å². The fourth-order valence-electron chi connectivity index (χ4n) is 3.71. The number of hydrogen-bond donors (Lipinski definition) is 1. The zero-order valence-electron chi connectivity index (χ0n) is 16.7. The van der Waals surface area contributed by atoms with Gasteiger partial charge < -0.3 is 15.5 Å². The van der Waals surface area contributed by atoms with Gasteiger partial charge in [-0.3, -0.25) is 14.5 Å². The first-order valence-electron chi connectivity index (χ1n) is 9.62. The van der Waals surface area contributed by atoms with Gasteiger partial charge in [0.15, 0.2) is 0 Å². The van der Waals surface area contributed by atoms with Crippen molar-refractivity contribution < 1.29 is 9.59 Å². The molecule has 1 saturated heterocycles. The lowest BCUT2D eigenvalue weighted by atomic mass is 10.0. The lowest BCUT2D eigenvalue weighted by Gasteiger charge is -2.37. The lowest BCUT2D eigenvalue weighted by Crippen LogP contribution is -2.54. The monoisotopic (exact) mass is 430 g/mol. The average molecular weight is 431 g/mol. The van der Waals surface area contributed by atoms with E-state index in [4.69, 9.17) is 5.73 Å². The number of rotatable bonds is 4. The zero-order chi connectivity index (χ0) is 18.7. The second kappa shape index (κ2) is 11.0. The number of benzene rings is 1. The van der Waals surface area contributed by atoms with Crippen molar-refractivity contribution in [2.24, 2.45) is 11.7 Å². The first-order valence-corrected chi connectivity index (χ1v) is 9.62. The van der Waals surface area contributed by atoms with Crippen molar-refractivity contribution in [2.75, 3.05) is 44.2 Å². The summed E-state index contributed by atoms with van der Waals surface area (Å²) in [6.07, 6.45) is 2.05. The topological polar surface area (TPSA) is 69.9 Å². The van der Waals surface area contributed by atoms with Gasteiger partial charge in [0.25, 0.3) is 0 Å². The number of nitrogens with zero attached hydrogens (tertiary/aromatic N) is 3. The maximum absolute atomic E-state index is 12.8. The number of carbonyl (C=O) groups excluding carboxylic acids is 2. The fourth-order valence-corrected chi connectivity index (χ4v) is 3.71. The van der Waals surface area contributed by atoms with Gasteiger partial charge >= 0.3 is 0 Å². The summed E-state index contributed by atoms with van der Waals surface area (Å²) in [5.41, 5.74) is 8.17. The van der Waals surface area contributed by atoms with Crippen molar-refractivity contribution in [2.45, 2.75) is 32.7 Å². The van der Waals surface area contributed by atoms with Crippen LogP contribution in [-0.2, 0) is 16.0 Å². The van der Waals surface area contributed by atoms with Crippen molar-refractivity contribution in [1.29, 1.82) is 0 Å². The summed E-state index contributed by atoms with van der Waals surface area (Å²) in [5, 5.41) is 0. The van der Waals surface area contributed by atoms with Crippen molar-refractivity contribution in [3.63, 3.8) is 0 Å². The van der Waals surface area contributed by atoms with Gasteiger partial charge in [0.1, 0.15) is 0 Å². The molecule has 0 aliphatic carbocycles. The Morgan fingerprint density at radius 1 is 1.04 bits per heavy atom. The maximum Gasteiger partial charge on any atom is 0.241 e. The molecule has 0 saturated carbocycles. The number of nitrogens with two attached hydrogens (primary N) is 1. The van der Waals surface area contributed by atoms with Crippen LogP contribution in [0.15, 0.2) is 24.3 Å². The van der Waals surface area contributed by atoms with E-state index >= 15 is 0 Å². The number of hydrogen-bond acceptors (Lipinski definition) is 4. The van der Waals surface area contributed by atoms with E-state index in [9.17, 15) is 9.59 Å². The summed E-state index contributed by atoms with van der Waals surface area (Å²) in [6.45, 7) is 7.76. The molecule has 2 unspecified atom stereocenters. The van der Waals surface area contributed by atoms with Gasteiger partial charge in [0.05, 0.1) is 12.5 Å². The van der Waals surface area contributed by atoms with Crippen LogP contribution in [0.1, 0.15) is 25.8 Å². The third kappa shape index (κ3) is 5.60. The van der Waals surface area contributed by atoms with Crippen molar-refractivity contribution >= 4 is 42.3 Å².